The maximum Gasteiger partial charge on any atom is 0.160 e. The van der Waals surface area contributed by atoms with E-state index in [1.165, 1.54) is 25.1 Å². The van der Waals surface area contributed by atoms with E-state index >= 15 is 0 Å². The summed E-state index contributed by atoms with van der Waals surface area (Å²) in [5.74, 6) is 0.206. The number of aromatic hydroxyl groups is 1. The molecule has 1 aromatic carbocycles. The molecule has 4 nitrogen and oxygen atoms in total. The zero-order valence-electron chi connectivity index (χ0n) is 8.73. The van der Waals surface area contributed by atoms with Gasteiger partial charge < -0.3 is 14.9 Å². The third-order valence-corrected chi connectivity index (χ3v) is 1.79. The molecule has 1 unspecified atom stereocenters. The summed E-state index contributed by atoms with van der Waals surface area (Å²) in [5.41, 5.74) is 0.385. The number of Topliss-reactive ketones (excluding diaryl/α,β-unsaturated/α-hetero) is 1. The van der Waals surface area contributed by atoms with Gasteiger partial charge in [-0.25, -0.2) is 0 Å². The van der Waals surface area contributed by atoms with Crippen LogP contribution in [0.4, 0.5) is 0 Å². The molecule has 1 aromatic rings. The maximum atomic E-state index is 11.1. The molecule has 0 fully saturated rings. The number of benzene rings is 1. The van der Waals surface area contributed by atoms with Gasteiger partial charge in [0.25, 0.3) is 0 Å². The van der Waals surface area contributed by atoms with Crippen LogP contribution in [0.3, 0.4) is 0 Å². The van der Waals surface area contributed by atoms with Crippen LogP contribution < -0.4 is 4.74 Å². The zero-order chi connectivity index (χ0) is 11.4. The van der Waals surface area contributed by atoms with Crippen molar-refractivity contribution in [3.05, 3.63) is 23.8 Å². The molecule has 0 aliphatic rings. The van der Waals surface area contributed by atoms with Gasteiger partial charge in [0, 0.05) is 11.6 Å². The third kappa shape index (κ3) is 3.59. The Kier molecular flexibility index (Phi) is 3.68. The molecule has 0 saturated carbocycles. The minimum Gasteiger partial charge on any atom is -0.508 e. The summed E-state index contributed by atoms with van der Waals surface area (Å²) in [5, 5.41) is 18.3. The number of hydrogen-bond acceptors (Lipinski definition) is 4. The molecule has 0 spiro atoms. The Bertz CT molecular complexity index is 358. The molecule has 0 bridgehead atoms. The standard InChI is InChI=1S/C11H14O4/c1-7(12)6-15-11-4-9(8(2)13)3-10(14)5-11/h3-5,7,12,14H,6H2,1-2H3. The fourth-order valence-electron chi connectivity index (χ4n) is 1.09. The summed E-state index contributed by atoms with van der Waals surface area (Å²) in [6.45, 7) is 3.13. The number of ketones is 1. The number of aliphatic hydroxyl groups excluding tert-OH is 1. The van der Waals surface area contributed by atoms with Crippen LogP contribution in [0.25, 0.3) is 0 Å². The number of phenols is 1. The van der Waals surface area contributed by atoms with Crippen LogP contribution in [0.5, 0.6) is 11.5 Å². The first kappa shape index (κ1) is 11.5. The summed E-state index contributed by atoms with van der Waals surface area (Å²) in [7, 11) is 0. The molecule has 0 heterocycles. The molecule has 0 aromatic heterocycles. The molecule has 0 amide bonds. The predicted octanol–water partition coefficient (Wildman–Crippen LogP) is 1.35. The van der Waals surface area contributed by atoms with E-state index in [2.05, 4.69) is 0 Å². The summed E-state index contributed by atoms with van der Waals surface area (Å²) in [6.07, 6.45) is -0.590. The van der Waals surface area contributed by atoms with E-state index in [1.807, 2.05) is 0 Å². The van der Waals surface area contributed by atoms with Crippen LogP contribution in [-0.4, -0.2) is 28.7 Å². The van der Waals surface area contributed by atoms with Crippen molar-refractivity contribution in [3.8, 4) is 11.5 Å². The van der Waals surface area contributed by atoms with E-state index in [9.17, 15) is 9.90 Å². The van der Waals surface area contributed by atoms with Gasteiger partial charge in [-0.1, -0.05) is 0 Å². The van der Waals surface area contributed by atoms with Gasteiger partial charge in [0.15, 0.2) is 5.78 Å². The normalized spacial score (nSPS) is 12.2. The molecule has 1 atom stereocenters. The van der Waals surface area contributed by atoms with Crippen molar-refractivity contribution in [1.82, 2.24) is 0 Å². The highest BCUT2D eigenvalue weighted by atomic mass is 16.5. The van der Waals surface area contributed by atoms with Crippen LogP contribution in [0.1, 0.15) is 24.2 Å². The Balaban J connectivity index is 2.84. The molecule has 0 saturated heterocycles. The highest BCUT2D eigenvalue weighted by molar-refractivity contribution is 5.94. The topological polar surface area (TPSA) is 66.8 Å². The molecular weight excluding hydrogens is 196 g/mol. The Morgan fingerprint density at radius 1 is 1.47 bits per heavy atom. The Morgan fingerprint density at radius 2 is 2.13 bits per heavy atom. The number of carbonyl (C=O) groups is 1. The van der Waals surface area contributed by atoms with Crippen LogP contribution in [0.15, 0.2) is 18.2 Å². The maximum absolute atomic E-state index is 11.1. The SMILES string of the molecule is CC(=O)c1cc(O)cc(OCC(C)O)c1. The third-order valence-electron chi connectivity index (χ3n) is 1.79. The predicted molar refractivity (Wildman–Crippen MR) is 55.3 cm³/mol. The molecule has 82 valence electrons. The molecule has 4 heteroatoms. The van der Waals surface area contributed by atoms with Crippen molar-refractivity contribution >= 4 is 5.78 Å². The van der Waals surface area contributed by atoms with Crippen LogP contribution in [0.2, 0.25) is 0 Å². The number of phenolic OH excluding ortho intramolecular Hbond substituents is 1. The van der Waals surface area contributed by atoms with E-state index in [-0.39, 0.29) is 18.1 Å². The molecular formula is C11H14O4. The number of rotatable bonds is 4. The number of ether oxygens (including phenoxy) is 1. The average molecular weight is 210 g/mol. The molecule has 0 aliphatic carbocycles. The van der Waals surface area contributed by atoms with Gasteiger partial charge >= 0.3 is 0 Å². The first-order chi connectivity index (χ1) is 6.99. The van der Waals surface area contributed by atoms with Crippen molar-refractivity contribution < 1.29 is 19.7 Å². The van der Waals surface area contributed by atoms with Crippen molar-refractivity contribution in [2.75, 3.05) is 6.61 Å². The second kappa shape index (κ2) is 4.79. The molecule has 15 heavy (non-hydrogen) atoms. The quantitative estimate of drug-likeness (QED) is 0.736. The number of aliphatic hydroxyl groups is 1. The summed E-state index contributed by atoms with van der Waals surface area (Å²) in [6, 6.07) is 4.30. The lowest BCUT2D eigenvalue weighted by Crippen LogP contribution is -2.12. The minimum absolute atomic E-state index is 0.0247. The lowest BCUT2D eigenvalue weighted by Gasteiger charge is -2.09. The van der Waals surface area contributed by atoms with Crippen LogP contribution in [-0.2, 0) is 0 Å². The highest BCUT2D eigenvalue weighted by Gasteiger charge is 2.05. The average Bonchev–Trinajstić information content (AvgIpc) is 2.13. The second-order valence-electron chi connectivity index (χ2n) is 3.43. The van der Waals surface area contributed by atoms with Gasteiger partial charge in [0.1, 0.15) is 18.1 Å². The summed E-state index contributed by atoms with van der Waals surface area (Å²) < 4.78 is 5.18. The zero-order valence-corrected chi connectivity index (χ0v) is 8.73. The minimum atomic E-state index is -0.590. The first-order valence-corrected chi connectivity index (χ1v) is 4.65. The van der Waals surface area contributed by atoms with Crippen molar-refractivity contribution in [2.45, 2.75) is 20.0 Å². The first-order valence-electron chi connectivity index (χ1n) is 4.65. The van der Waals surface area contributed by atoms with E-state index in [1.54, 1.807) is 6.92 Å². The van der Waals surface area contributed by atoms with Gasteiger partial charge in [-0.3, -0.25) is 4.79 Å². The van der Waals surface area contributed by atoms with Crippen molar-refractivity contribution in [3.63, 3.8) is 0 Å². The van der Waals surface area contributed by atoms with E-state index in [0.29, 0.717) is 11.3 Å². The highest BCUT2D eigenvalue weighted by Crippen LogP contribution is 2.22. The molecule has 1 rings (SSSR count). The summed E-state index contributed by atoms with van der Waals surface area (Å²) in [4.78, 5) is 11.1. The van der Waals surface area contributed by atoms with Crippen LogP contribution >= 0.6 is 0 Å². The lowest BCUT2D eigenvalue weighted by atomic mass is 10.1. The molecule has 2 N–H and O–H groups in total. The van der Waals surface area contributed by atoms with Gasteiger partial charge in [-0.05, 0) is 26.0 Å². The Morgan fingerprint density at radius 3 is 2.67 bits per heavy atom. The smallest absolute Gasteiger partial charge is 0.160 e. The molecule has 0 aliphatic heterocycles. The fourth-order valence-corrected chi connectivity index (χ4v) is 1.09. The van der Waals surface area contributed by atoms with E-state index in [4.69, 9.17) is 9.84 Å². The summed E-state index contributed by atoms with van der Waals surface area (Å²) >= 11 is 0. The van der Waals surface area contributed by atoms with E-state index in [0.717, 1.165) is 0 Å². The van der Waals surface area contributed by atoms with Gasteiger partial charge in [-0.15, -0.1) is 0 Å². The van der Waals surface area contributed by atoms with Crippen molar-refractivity contribution in [1.29, 1.82) is 0 Å². The number of hydrogen-bond donors (Lipinski definition) is 2. The number of carbonyl (C=O) groups excluding carboxylic acids is 1. The second-order valence-corrected chi connectivity index (χ2v) is 3.43. The largest absolute Gasteiger partial charge is 0.508 e. The Labute approximate surface area is 88.1 Å². The fraction of sp³-hybridized carbons (Fsp3) is 0.364. The Hall–Kier alpha value is -1.55. The van der Waals surface area contributed by atoms with Gasteiger partial charge in [0.05, 0.1) is 6.10 Å². The lowest BCUT2D eigenvalue weighted by molar-refractivity contribution is 0.101. The van der Waals surface area contributed by atoms with E-state index < -0.39 is 6.10 Å². The monoisotopic (exact) mass is 210 g/mol. The van der Waals surface area contributed by atoms with Crippen molar-refractivity contribution in [2.24, 2.45) is 0 Å². The van der Waals surface area contributed by atoms with Crippen LogP contribution in [0, 0.1) is 0 Å². The van der Waals surface area contributed by atoms with Gasteiger partial charge in [0.2, 0.25) is 0 Å². The molecule has 0 radical (unpaired) electrons. The van der Waals surface area contributed by atoms with Gasteiger partial charge in [-0.2, -0.15) is 0 Å².